The number of rotatable bonds is 9. The second-order valence-corrected chi connectivity index (χ2v) is 8.10. The van der Waals surface area contributed by atoms with Crippen LogP contribution >= 0.6 is 0 Å². The minimum absolute atomic E-state index is 0.0643. The smallest absolute Gasteiger partial charge is 0.251 e. The fourth-order valence-electron chi connectivity index (χ4n) is 3.78. The van der Waals surface area contributed by atoms with Crippen LogP contribution in [0.25, 0.3) is 0 Å². The van der Waals surface area contributed by atoms with E-state index in [-0.39, 0.29) is 6.54 Å². The van der Waals surface area contributed by atoms with Gasteiger partial charge in [0.25, 0.3) is 5.91 Å². The summed E-state index contributed by atoms with van der Waals surface area (Å²) in [5.74, 6) is 5.33. The third-order valence-electron chi connectivity index (χ3n) is 5.72. The van der Waals surface area contributed by atoms with Crippen molar-refractivity contribution in [3.63, 3.8) is 0 Å². The highest BCUT2D eigenvalue weighted by molar-refractivity contribution is 5.98. The van der Waals surface area contributed by atoms with Crippen LogP contribution in [0.15, 0.2) is 48.5 Å². The van der Waals surface area contributed by atoms with Crippen molar-refractivity contribution in [3.05, 3.63) is 70.8 Å². The number of aliphatic hydroxyl groups excluding tert-OH is 1. The zero-order valence-corrected chi connectivity index (χ0v) is 18.3. The van der Waals surface area contributed by atoms with Gasteiger partial charge in [-0.25, -0.2) is 0 Å². The molecule has 0 radical (unpaired) electrons. The molecule has 1 aliphatic rings. The number of nitrogens with two attached hydrogens (primary N) is 1. The molecule has 168 valence electrons. The summed E-state index contributed by atoms with van der Waals surface area (Å²) in [7, 11) is 0. The summed E-state index contributed by atoms with van der Waals surface area (Å²) in [6.07, 6.45) is 6.12. The number of carbonyl (C=O) groups is 2. The highest BCUT2D eigenvalue weighted by atomic mass is 16.3. The van der Waals surface area contributed by atoms with Crippen LogP contribution in [0.5, 0.6) is 0 Å². The molecule has 0 aliphatic carbocycles. The van der Waals surface area contributed by atoms with Crippen LogP contribution < -0.4 is 16.4 Å². The van der Waals surface area contributed by atoms with E-state index in [1.165, 1.54) is 31.2 Å². The summed E-state index contributed by atoms with van der Waals surface area (Å²) in [6, 6.07) is 15.0. The average molecular weight is 434 g/mol. The molecule has 6 nitrogen and oxygen atoms in total. The summed E-state index contributed by atoms with van der Waals surface area (Å²) in [6.45, 7) is 0.440. The number of aryl methyl sites for hydroxylation is 1. The Hall–Kier alpha value is -2.98. The number of carbonyl (C=O) groups excluding carboxylic acids is 2. The van der Waals surface area contributed by atoms with E-state index in [0.29, 0.717) is 11.6 Å². The van der Waals surface area contributed by atoms with Gasteiger partial charge in [-0.15, -0.1) is 0 Å². The van der Waals surface area contributed by atoms with Gasteiger partial charge in [-0.1, -0.05) is 24.0 Å². The quantitative estimate of drug-likeness (QED) is 0.451. The number of hydrogen-bond donors (Lipinski definition) is 4. The molecule has 1 aliphatic heterocycles. The molecule has 1 fully saturated rings. The fourth-order valence-corrected chi connectivity index (χ4v) is 3.78. The Morgan fingerprint density at radius 3 is 2.31 bits per heavy atom. The third kappa shape index (κ3) is 7.03. The molecule has 0 unspecified atom stereocenters. The lowest BCUT2D eigenvalue weighted by Crippen LogP contribution is -2.46. The molecule has 0 saturated carbocycles. The second kappa shape index (κ2) is 12.2. The lowest BCUT2D eigenvalue weighted by molar-refractivity contribution is -0.123. The van der Waals surface area contributed by atoms with Gasteiger partial charge in [0.1, 0.15) is 12.6 Å². The summed E-state index contributed by atoms with van der Waals surface area (Å²) in [5.41, 5.74) is 8.95. The Morgan fingerprint density at radius 2 is 1.75 bits per heavy atom. The molecule has 1 saturated heterocycles. The van der Waals surface area contributed by atoms with Gasteiger partial charge in [0.15, 0.2) is 5.78 Å². The molecule has 3 rings (SSSR count). The summed E-state index contributed by atoms with van der Waals surface area (Å²) >= 11 is 0. The number of nitrogens with one attached hydrogen (secondary N) is 2. The lowest BCUT2D eigenvalue weighted by atomic mass is 10.0. The third-order valence-corrected chi connectivity index (χ3v) is 5.72. The highest BCUT2D eigenvalue weighted by Crippen LogP contribution is 2.14. The van der Waals surface area contributed by atoms with Crippen molar-refractivity contribution in [2.24, 2.45) is 5.73 Å². The van der Waals surface area contributed by atoms with E-state index >= 15 is 0 Å². The predicted molar refractivity (Wildman–Crippen MR) is 125 cm³/mol. The summed E-state index contributed by atoms with van der Waals surface area (Å²) in [5, 5.41) is 15.0. The maximum Gasteiger partial charge on any atom is 0.251 e. The van der Waals surface area contributed by atoms with Crippen LogP contribution in [-0.4, -0.2) is 48.6 Å². The van der Waals surface area contributed by atoms with Crippen LogP contribution in [-0.2, 0) is 11.2 Å². The van der Waals surface area contributed by atoms with Crippen LogP contribution in [0.3, 0.4) is 0 Å². The van der Waals surface area contributed by atoms with E-state index in [9.17, 15) is 9.59 Å². The standard InChI is InChI=1S/C26H31N3O3/c27-17-24(25(31)18-30)29-26(32)22-14-12-21(13-15-22)11-10-20-8-6-19(7-9-20)3-1-4-23-5-2-16-28-23/h6-9,12-15,23-24,28,30H,1-5,16-18,27H2,(H,29,32)/t23-,24-/m0/s1. The molecular formula is C26H31N3O3. The molecule has 6 heteroatoms. The van der Waals surface area contributed by atoms with Crippen LogP contribution in [0.4, 0.5) is 0 Å². The van der Waals surface area contributed by atoms with Gasteiger partial charge in [-0.3, -0.25) is 9.59 Å². The molecule has 0 bridgehead atoms. The first-order valence-corrected chi connectivity index (χ1v) is 11.2. The molecule has 1 heterocycles. The number of aliphatic hydroxyl groups is 1. The molecule has 2 atom stereocenters. The first-order chi connectivity index (χ1) is 15.6. The van der Waals surface area contributed by atoms with Gasteiger partial charge in [0.05, 0.1) is 0 Å². The number of hydrogen-bond acceptors (Lipinski definition) is 5. The minimum Gasteiger partial charge on any atom is -0.388 e. The average Bonchev–Trinajstić information content (AvgIpc) is 3.35. The van der Waals surface area contributed by atoms with Crippen molar-refractivity contribution in [1.29, 1.82) is 0 Å². The maximum absolute atomic E-state index is 12.3. The second-order valence-electron chi connectivity index (χ2n) is 8.10. The van der Waals surface area contributed by atoms with Crippen LogP contribution in [0.2, 0.25) is 0 Å². The van der Waals surface area contributed by atoms with Gasteiger partial charge in [0, 0.05) is 29.3 Å². The molecule has 1 amide bonds. The Morgan fingerprint density at radius 1 is 1.09 bits per heavy atom. The first-order valence-electron chi connectivity index (χ1n) is 11.2. The molecule has 0 aromatic heterocycles. The Kier molecular flexibility index (Phi) is 9.00. The van der Waals surface area contributed by atoms with Gasteiger partial charge in [-0.2, -0.15) is 0 Å². The topological polar surface area (TPSA) is 104 Å². The van der Waals surface area contributed by atoms with Crippen molar-refractivity contribution in [2.45, 2.75) is 44.2 Å². The molecule has 2 aromatic rings. The van der Waals surface area contributed by atoms with Gasteiger partial charge < -0.3 is 21.5 Å². The van der Waals surface area contributed by atoms with Gasteiger partial charge in [0.2, 0.25) is 0 Å². The van der Waals surface area contributed by atoms with E-state index in [2.05, 4.69) is 34.6 Å². The minimum atomic E-state index is -0.894. The van der Waals surface area contributed by atoms with Crippen molar-refractivity contribution < 1.29 is 14.7 Å². The molecule has 32 heavy (non-hydrogen) atoms. The van der Waals surface area contributed by atoms with Gasteiger partial charge in [-0.05, 0) is 80.6 Å². The van der Waals surface area contributed by atoms with E-state index in [0.717, 1.165) is 24.1 Å². The Labute approximate surface area is 189 Å². The van der Waals surface area contributed by atoms with E-state index in [4.69, 9.17) is 10.8 Å². The van der Waals surface area contributed by atoms with E-state index < -0.39 is 24.3 Å². The van der Waals surface area contributed by atoms with Crippen molar-refractivity contribution in [3.8, 4) is 11.8 Å². The van der Waals surface area contributed by atoms with Crippen molar-refractivity contribution in [2.75, 3.05) is 19.7 Å². The van der Waals surface area contributed by atoms with Crippen LogP contribution in [0, 0.1) is 11.8 Å². The zero-order chi connectivity index (χ0) is 22.8. The number of amides is 1. The molecule has 0 spiro atoms. The molecule has 2 aromatic carbocycles. The van der Waals surface area contributed by atoms with Crippen molar-refractivity contribution >= 4 is 11.7 Å². The lowest BCUT2D eigenvalue weighted by Gasteiger charge is -2.14. The number of benzene rings is 2. The Balaban J connectivity index is 1.51. The summed E-state index contributed by atoms with van der Waals surface area (Å²) in [4.78, 5) is 23.8. The number of ketones is 1. The molecular weight excluding hydrogens is 402 g/mol. The van der Waals surface area contributed by atoms with Crippen LogP contribution in [0.1, 0.15) is 52.7 Å². The fraction of sp³-hybridized carbons (Fsp3) is 0.385. The van der Waals surface area contributed by atoms with Crippen molar-refractivity contribution in [1.82, 2.24) is 10.6 Å². The normalized spacial score (nSPS) is 16.1. The first kappa shape index (κ1) is 23.7. The number of Topliss-reactive ketones (excluding diaryl/α,β-unsaturated/α-hetero) is 1. The zero-order valence-electron chi connectivity index (χ0n) is 18.3. The van der Waals surface area contributed by atoms with E-state index in [1.54, 1.807) is 24.3 Å². The monoisotopic (exact) mass is 433 g/mol. The maximum atomic E-state index is 12.3. The van der Waals surface area contributed by atoms with E-state index in [1.807, 2.05) is 12.1 Å². The highest BCUT2D eigenvalue weighted by Gasteiger charge is 2.18. The van der Waals surface area contributed by atoms with Gasteiger partial charge >= 0.3 is 0 Å². The largest absolute Gasteiger partial charge is 0.388 e. The Bertz CT molecular complexity index is 953. The predicted octanol–water partition coefficient (Wildman–Crippen LogP) is 1.78. The summed E-state index contributed by atoms with van der Waals surface area (Å²) < 4.78 is 0. The molecule has 5 N–H and O–H groups in total. The SMILES string of the molecule is NC[C@H](NC(=O)c1ccc(C#Cc2ccc(CCC[C@H]3CCCN3)cc2)cc1)C(=O)CO.